The summed E-state index contributed by atoms with van der Waals surface area (Å²) in [7, 11) is 0. The molecular formula is C28H30FN3O4S. The smallest absolute Gasteiger partial charge is 0.269 e. The van der Waals surface area contributed by atoms with Crippen LogP contribution in [0.2, 0.25) is 0 Å². The van der Waals surface area contributed by atoms with Crippen LogP contribution in [0.15, 0.2) is 78.9 Å². The minimum Gasteiger partial charge on any atom is -0.352 e. The number of amides is 2. The number of carbonyl (C=O) groups is 2. The van der Waals surface area contributed by atoms with Gasteiger partial charge in [-0.3, -0.25) is 19.7 Å². The number of nitrogens with zero attached hydrogens (tertiary/aromatic N) is 2. The molecule has 37 heavy (non-hydrogen) atoms. The average molecular weight is 524 g/mol. The van der Waals surface area contributed by atoms with Gasteiger partial charge in [0.2, 0.25) is 11.8 Å². The molecule has 2 amide bonds. The second-order valence-electron chi connectivity index (χ2n) is 8.93. The number of benzene rings is 3. The summed E-state index contributed by atoms with van der Waals surface area (Å²) in [5, 5.41) is 13.8. The first-order chi connectivity index (χ1) is 17.7. The predicted molar refractivity (Wildman–Crippen MR) is 143 cm³/mol. The molecular weight excluding hydrogens is 493 g/mol. The van der Waals surface area contributed by atoms with Gasteiger partial charge in [-0.15, -0.1) is 11.8 Å². The highest BCUT2D eigenvalue weighted by molar-refractivity contribution is 7.99. The summed E-state index contributed by atoms with van der Waals surface area (Å²) in [5.74, 6) is -0.266. The van der Waals surface area contributed by atoms with Gasteiger partial charge >= 0.3 is 0 Å². The number of non-ortho nitro benzene ring substituents is 1. The number of thioether (sulfide) groups is 1. The normalized spacial score (nSPS) is 11.7. The van der Waals surface area contributed by atoms with Gasteiger partial charge in [-0.1, -0.05) is 54.6 Å². The van der Waals surface area contributed by atoms with Gasteiger partial charge in [0.25, 0.3) is 5.69 Å². The van der Waals surface area contributed by atoms with E-state index in [1.54, 1.807) is 29.2 Å². The van der Waals surface area contributed by atoms with Crippen molar-refractivity contribution >= 4 is 29.3 Å². The minimum absolute atomic E-state index is 0.00946. The summed E-state index contributed by atoms with van der Waals surface area (Å²) in [6.45, 7) is 3.88. The third-order valence-corrected chi connectivity index (χ3v) is 6.60. The molecule has 9 heteroatoms. The second kappa shape index (κ2) is 13.5. The van der Waals surface area contributed by atoms with E-state index in [1.807, 2.05) is 44.2 Å². The molecule has 0 aliphatic carbocycles. The van der Waals surface area contributed by atoms with E-state index < -0.39 is 11.0 Å². The lowest BCUT2D eigenvalue weighted by molar-refractivity contribution is -0.384. The largest absolute Gasteiger partial charge is 0.352 e. The Bertz CT molecular complexity index is 1190. The number of rotatable bonds is 12. The standard InChI is InChI=1S/C28H30FN3O4S/c1-20(2)30-28(34)26(16-21-6-4-3-5-7-21)31(17-22-8-12-24(29)13-9-22)27(33)19-37-18-23-10-14-25(15-11-23)32(35)36/h3-15,20,26H,16-19H2,1-2H3,(H,30,34). The zero-order valence-corrected chi connectivity index (χ0v) is 21.6. The minimum atomic E-state index is -0.762. The van der Waals surface area contributed by atoms with Gasteiger partial charge < -0.3 is 10.2 Å². The molecule has 7 nitrogen and oxygen atoms in total. The Kier molecular flexibility index (Phi) is 10.2. The molecule has 3 aromatic rings. The summed E-state index contributed by atoms with van der Waals surface area (Å²) in [4.78, 5) is 38.8. The van der Waals surface area contributed by atoms with E-state index in [-0.39, 0.29) is 41.7 Å². The Labute approximate surface area is 220 Å². The zero-order chi connectivity index (χ0) is 26.8. The number of nitrogens with one attached hydrogen (secondary N) is 1. The van der Waals surface area contributed by atoms with Gasteiger partial charge in [0.15, 0.2) is 0 Å². The molecule has 0 radical (unpaired) electrons. The SMILES string of the molecule is CC(C)NC(=O)C(Cc1ccccc1)N(Cc1ccc(F)cc1)C(=O)CSCc1ccc([N+](=O)[O-])cc1. The second-order valence-corrected chi connectivity index (χ2v) is 9.92. The van der Waals surface area contributed by atoms with Crippen LogP contribution in [0.25, 0.3) is 0 Å². The van der Waals surface area contributed by atoms with Gasteiger partial charge in [-0.25, -0.2) is 4.39 Å². The van der Waals surface area contributed by atoms with E-state index >= 15 is 0 Å². The van der Waals surface area contributed by atoms with Crippen LogP contribution < -0.4 is 5.32 Å². The van der Waals surface area contributed by atoms with Crippen molar-refractivity contribution in [2.45, 2.75) is 44.6 Å². The third-order valence-electron chi connectivity index (χ3n) is 5.61. The first kappa shape index (κ1) is 27.9. The average Bonchev–Trinajstić information content (AvgIpc) is 2.87. The highest BCUT2D eigenvalue weighted by atomic mass is 32.2. The lowest BCUT2D eigenvalue weighted by Gasteiger charge is -2.32. The number of hydrogen-bond donors (Lipinski definition) is 1. The van der Waals surface area contributed by atoms with Crippen molar-refractivity contribution in [3.05, 3.63) is 111 Å². The summed E-state index contributed by atoms with van der Waals surface area (Å²) in [6, 6.07) is 20.7. The topological polar surface area (TPSA) is 92.6 Å². The molecule has 0 bridgehead atoms. The maximum Gasteiger partial charge on any atom is 0.269 e. The third kappa shape index (κ3) is 8.71. The molecule has 194 valence electrons. The van der Waals surface area contributed by atoms with Crippen LogP contribution in [-0.4, -0.2) is 39.5 Å². The Morgan fingerprint density at radius 1 is 0.946 bits per heavy atom. The zero-order valence-electron chi connectivity index (χ0n) is 20.8. The maximum absolute atomic E-state index is 13.5. The van der Waals surface area contributed by atoms with Crippen molar-refractivity contribution in [3.63, 3.8) is 0 Å². The number of halogens is 1. The van der Waals surface area contributed by atoms with E-state index in [0.29, 0.717) is 17.7 Å². The first-order valence-electron chi connectivity index (χ1n) is 11.9. The fourth-order valence-corrected chi connectivity index (χ4v) is 4.64. The predicted octanol–water partition coefficient (Wildman–Crippen LogP) is 5.13. The number of nitro groups is 1. The fraction of sp³-hybridized carbons (Fsp3) is 0.286. The van der Waals surface area contributed by atoms with Crippen LogP contribution in [0.1, 0.15) is 30.5 Å². The van der Waals surface area contributed by atoms with E-state index in [0.717, 1.165) is 11.1 Å². The van der Waals surface area contributed by atoms with Gasteiger partial charge in [-0.2, -0.15) is 0 Å². The Morgan fingerprint density at radius 3 is 2.16 bits per heavy atom. The Hall–Kier alpha value is -3.72. The van der Waals surface area contributed by atoms with Crippen LogP contribution in [0.5, 0.6) is 0 Å². The molecule has 0 aromatic heterocycles. The summed E-state index contributed by atoms with van der Waals surface area (Å²) in [6.07, 6.45) is 0.333. The van der Waals surface area contributed by atoms with E-state index in [4.69, 9.17) is 0 Å². The van der Waals surface area contributed by atoms with Crippen molar-refractivity contribution < 1.29 is 18.9 Å². The monoisotopic (exact) mass is 523 g/mol. The lowest BCUT2D eigenvalue weighted by Crippen LogP contribution is -2.52. The van der Waals surface area contributed by atoms with E-state index in [2.05, 4.69) is 5.32 Å². The quantitative estimate of drug-likeness (QED) is 0.262. The molecule has 0 aliphatic heterocycles. The summed E-state index contributed by atoms with van der Waals surface area (Å²) < 4.78 is 13.5. The maximum atomic E-state index is 13.5. The molecule has 1 unspecified atom stereocenters. The fourth-order valence-electron chi connectivity index (χ4n) is 3.77. The van der Waals surface area contributed by atoms with Gasteiger partial charge in [0.05, 0.1) is 10.7 Å². The van der Waals surface area contributed by atoms with E-state index in [9.17, 15) is 24.1 Å². The molecule has 0 aliphatic rings. The van der Waals surface area contributed by atoms with E-state index in [1.165, 1.54) is 36.0 Å². The molecule has 3 rings (SSSR count). The van der Waals surface area contributed by atoms with Gasteiger partial charge in [0.1, 0.15) is 11.9 Å². The number of nitro benzene ring substituents is 1. The van der Waals surface area contributed by atoms with Crippen molar-refractivity contribution in [1.29, 1.82) is 0 Å². The number of hydrogen-bond acceptors (Lipinski definition) is 5. The van der Waals surface area contributed by atoms with Crippen molar-refractivity contribution in [2.24, 2.45) is 0 Å². The molecule has 3 aromatic carbocycles. The van der Waals surface area contributed by atoms with Crippen LogP contribution in [-0.2, 0) is 28.3 Å². The molecule has 0 saturated carbocycles. The molecule has 0 saturated heterocycles. The molecule has 0 fully saturated rings. The first-order valence-corrected chi connectivity index (χ1v) is 13.1. The van der Waals surface area contributed by atoms with Crippen LogP contribution in [0, 0.1) is 15.9 Å². The highest BCUT2D eigenvalue weighted by Gasteiger charge is 2.30. The Balaban J connectivity index is 1.81. The highest BCUT2D eigenvalue weighted by Crippen LogP contribution is 2.20. The number of carbonyl (C=O) groups excluding carboxylic acids is 2. The van der Waals surface area contributed by atoms with Crippen LogP contribution in [0.4, 0.5) is 10.1 Å². The molecule has 1 N–H and O–H groups in total. The molecule has 0 spiro atoms. The van der Waals surface area contributed by atoms with Gasteiger partial charge in [-0.05, 0) is 42.7 Å². The van der Waals surface area contributed by atoms with Crippen LogP contribution in [0.3, 0.4) is 0 Å². The summed E-state index contributed by atoms with van der Waals surface area (Å²) in [5.41, 5.74) is 2.49. The van der Waals surface area contributed by atoms with Crippen molar-refractivity contribution in [1.82, 2.24) is 10.2 Å². The van der Waals surface area contributed by atoms with Crippen molar-refractivity contribution in [3.8, 4) is 0 Å². The van der Waals surface area contributed by atoms with Crippen LogP contribution >= 0.6 is 11.8 Å². The lowest BCUT2D eigenvalue weighted by atomic mass is 10.0. The molecule has 0 heterocycles. The molecule has 1 atom stereocenters. The van der Waals surface area contributed by atoms with Crippen molar-refractivity contribution in [2.75, 3.05) is 5.75 Å². The summed E-state index contributed by atoms with van der Waals surface area (Å²) >= 11 is 1.37. The Morgan fingerprint density at radius 2 is 1.57 bits per heavy atom. The van der Waals surface area contributed by atoms with Gasteiger partial charge in [0, 0.05) is 36.9 Å².